The second-order valence-corrected chi connectivity index (χ2v) is 5.72. The number of carbonyl (C=O) groups is 1. The van der Waals surface area contributed by atoms with Crippen molar-refractivity contribution in [3.05, 3.63) is 41.2 Å². The van der Waals surface area contributed by atoms with Gasteiger partial charge in [-0.2, -0.15) is 5.26 Å². The van der Waals surface area contributed by atoms with E-state index in [9.17, 15) is 10.1 Å². The van der Waals surface area contributed by atoms with Gasteiger partial charge in [0.1, 0.15) is 6.07 Å². The molecule has 0 aliphatic heterocycles. The van der Waals surface area contributed by atoms with Crippen molar-refractivity contribution in [1.82, 2.24) is 15.0 Å². The predicted octanol–water partition coefficient (Wildman–Crippen LogP) is 2.97. The maximum atomic E-state index is 11.7. The number of nitrogens with zero attached hydrogens (tertiary/aromatic N) is 4. The van der Waals surface area contributed by atoms with Crippen molar-refractivity contribution in [2.45, 2.75) is 38.0 Å². The molecule has 1 aliphatic carbocycles. The minimum Gasteiger partial charge on any atom is -0.465 e. The fourth-order valence-electron chi connectivity index (χ4n) is 3.18. The summed E-state index contributed by atoms with van der Waals surface area (Å²) in [5.74, 6) is -0.109. The summed E-state index contributed by atoms with van der Waals surface area (Å²) in [5, 5.41) is 17.5. The Labute approximate surface area is 134 Å². The Bertz CT molecular complexity index is 754. The fourth-order valence-corrected chi connectivity index (χ4v) is 3.18. The third-order valence-corrected chi connectivity index (χ3v) is 4.31. The van der Waals surface area contributed by atoms with Gasteiger partial charge in [-0.25, -0.2) is 9.48 Å². The highest BCUT2D eigenvalue weighted by Crippen LogP contribution is 2.34. The molecule has 6 nitrogen and oxygen atoms in total. The first kappa shape index (κ1) is 15.2. The molecule has 6 heteroatoms. The highest BCUT2D eigenvalue weighted by Gasteiger charge is 2.25. The molecule has 1 saturated carbocycles. The highest BCUT2D eigenvalue weighted by molar-refractivity contribution is 5.89. The van der Waals surface area contributed by atoms with Crippen LogP contribution in [0.15, 0.2) is 24.3 Å². The normalized spacial score (nSPS) is 15.1. The molecule has 1 aromatic carbocycles. The summed E-state index contributed by atoms with van der Waals surface area (Å²) in [4.78, 5) is 11.7. The van der Waals surface area contributed by atoms with E-state index in [1.807, 2.05) is 6.07 Å². The molecule has 1 aromatic heterocycles. The zero-order valence-corrected chi connectivity index (χ0v) is 13.0. The second kappa shape index (κ2) is 6.61. The standard InChI is InChI=1S/C17H18N4O2/c1-23-17(22)13-8-5-9-14(10-13)21-16(15(11-18)19-20-21)12-6-3-2-4-7-12/h5,8-10,12H,2-4,6-7H2,1H3. The summed E-state index contributed by atoms with van der Waals surface area (Å²) >= 11 is 0. The molecule has 23 heavy (non-hydrogen) atoms. The van der Waals surface area contributed by atoms with E-state index in [1.54, 1.807) is 22.9 Å². The van der Waals surface area contributed by atoms with Crippen LogP contribution < -0.4 is 0 Å². The maximum Gasteiger partial charge on any atom is 0.337 e. The van der Waals surface area contributed by atoms with E-state index in [0.29, 0.717) is 11.3 Å². The van der Waals surface area contributed by atoms with E-state index in [2.05, 4.69) is 16.4 Å². The minimum absolute atomic E-state index is 0.287. The molecule has 2 aromatic rings. The predicted molar refractivity (Wildman–Crippen MR) is 83.2 cm³/mol. The summed E-state index contributed by atoms with van der Waals surface area (Å²) in [6.45, 7) is 0. The smallest absolute Gasteiger partial charge is 0.337 e. The summed E-state index contributed by atoms with van der Waals surface area (Å²) in [7, 11) is 1.35. The molecule has 0 atom stereocenters. The number of methoxy groups -OCH3 is 1. The fraction of sp³-hybridized carbons (Fsp3) is 0.412. The summed E-state index contributed by atoms with van der Waals surface area (Å²) in [6, 6.07) is 9.19. The van der Waals surface area contributed by atoms with Gasteiger partial charge < -0.3 is 4.74 Å². The van der Waals surface area contributed by atoms with Crippen LogP contribution in [-0.4, -0.2) is 28.1 Å². The van der Waals surface area contributed by atoms with Gasteiger partial charge in [0.05, 0.1) is 24.1 Å². The van der Waals surface area contributed by atoms with E-state index in [1.165, 1.54) is 13.5 Å². The Morgan fingerprint density at radius 1 is 1.35 bits per heavy atom. The molecule has 1 fully saturated rings. The molecule has 3 rings (SSSR count). The average molecular weight is 310 g/mol. The van der Waals surface area contributed by atoms with Crippen molar-refractivity contribution in [2.24, 2.45) is 0 Å². The van der Waals surface area contributed by atoms with E-state index >= 15 is 0 Å². The summed E-state index contributed by atoms with van der Waals surface area (Å²) in [5.41, 5.74) is 2.41. The van der Waals surface area contributed by atoms with E-state index < -0.39 is 5.97 Å². The molecule has 0 radical (unpaired) electrons. The monoisotopic (exact) mass is 310 g/mol. The van der Waals surface area contributed by atoms with Gasteiger partial charge in [0.15, 0.2) is 5.69 Å². The Kier molecular flexibility index (Phi) is 4.38. The molecule has 0 amide bonds. The number of ether oxygens (including phenoxy) is 1. The Hall–Kier alpha value is -2.68. The van der Waals surface area contributed by atoms with Gasteiger partial charge >= 0.3 is 5.97 Å². The third-order valence-electron chi connectivity index (χ3n) is 4.31. The largest absolute Gasteiger partial charge is 0.465 e. The molecular weight excluding hydrogens is 292 g/mol. The van der Waals surface area contributed by atoms with E-state index in [-0.39, 0.29) is 5.92 Å². The number of aromatic nitrogens is 3. The van der Waals surface area contributed by atoms with Crippen molar-refractivity contribution in [2.75, 3.05) is 7.11 Å². The Morgan fingerprint density at radius 2 is 2.13 bits per heavy atom. The zero-order chi connectivity index (χ0) is 16.2. The lowest BCUT2D eigenvalue weighted by Gasteiger charge is -2.22. The van der Waals surface area contributed by atoms with Crippen LogP contribution >= 0.6 is 0 Å². The van der Waals surface area contributed by atoms with Crippen LogP contribution in [0.25, 0.3) is 5.69 Å². The Morgan fingerprint density at radius 3 is 2.83 bits per heavy atom. The van der Waals surface area contributed by atoms with Crippen LogP contribution in [0.1, 0.15) is 59.8 Å². The quantitative estimate of drug-likeness (QED) is 0.814. The van der Waals surface area contributed by atoms with Crippen molar-refractivity contribution in [3.8, 4) is 11.8 Å². The topological polar surface area (TPSA) is 80.8 Å². The van der Waals surface area contributed by atoms with Gasteiger partial charge in [-0.05, 0) is 31.0 Å². The number of carbonyl (C=O) groups excluding carboxylic acids is 1. The first-order valence-corrected chi connectivity index (χ1v) is 7.79. The van der Waals surface area contributed by atoms with Gasteiger partial charge in [0.25, 0.3) is 0 Å². The van der Waals surface area contributed by atoms with Gasteiger partial charge in [0.2, 0.25) is 0 Å². The van der Waals surface area contributed by atoms with Crippen LogP contribution in [0.5, 0.6) is 0 Å². The van der Waals surface area contributed by atoms with E-state index in [4.69, 9.17) is 4.74 Å². The molecule has 0 unspecified atom stereocenters. The highest BCUT2D eigenvalue weighted by atomic mass is 16.5. The van der Waals surface area contributed by atoms with Gasteiger partial charge in [0, 0.05) is 5.92 Å². The maximum absolute atomic E-state index is 11.7. The summed E-state index contributed by atoms with van der Waals surface area (Å²) in [6.07, 6.45) is 5.63. The van der Waals surface area contributed by atoms with Crippen molar-refractivity contribution in [1.29, 1.82) is 5.26 Å². The first-order chi connectivity index (χ1) is 11.2. The molecule has 0 bridgehead atoms. The Balaban J connectivity index is 2.05. The zero-order valence-electron chi connectivity index (χ0n) is 13.0. The molecule has 118 valence electrons. The van der Waals surface area contributed by atoms with Crippen molar-refractivity contribution < 1.29 is 9.53 Å². The van der Waals surface area contributed by atoms with Crippen LogP contribution in [0, 0.1) is 11.3 Å². The average Bonchev–Trinajstić information content (AvgIpc) is 3.06. The number of hydrogen-bond acceptors (Lipinski definition) is 5. The number of esters is 1. The molecular formula is C17H18N4O2. The van der Waals surface area contributed by atoms with Crippen molar-refractivity contribution in [3.63, 3.8) is 0 Å². The van der Waals surface area contributed by atoms with Crippen LogP contribution in [0.3, 0.4) is 0 Å². The second-order valence-electron chi connectivity index (χ2n) is 5.72. The SMILES string of the molecule is COC(=O)c1cccc(-n2nnc(C#N)c2C2CCCCC2)c1. The first-order valence-electron chi connectivity index (χ1n) is 7.79. The molecule has 1 heterocycles. The van der Waals surface area contributed by atoms with Crippen LogP contribution in [-0.2, 0) is 4.74 Å². The van der Waals surface area contributed by atoms with Gasteiger partial charge in [-0.1, -0.05) is 30.5 Å². The van der Waals surface area contributed by atoms with Gasteiger partial charge in [-0.15, -0.1) is 5.10 Å². The van der Waals surface area contributed by atoms with E-state index in [0.717, 1.165) is 37.1 Å². The lowest BCUT2D eigenvalue weighted by Crippen LogP contribution is -2.13. The summed E-state index contributed by atoms with van der Waals surface area (Å²) < 4.78 is 6.46. The number of hydrogen-bond donors (Lipinski definition) is 0. The molecule has 0 N–H and O–H groups in total. The molecule has 0 saturated heterocycles. The lowest BCUT2D eigenvalue weighted by atomic mass is 9.86. The third kappa shape index (κ3) is 2.95. The van der Waals surface area contributed by atoms with Crippen LogP contribution in [0.4, 0.5) is 0 Å². The van der Waals surface area contributed by atoms with Crippen molar-refractivity contribution >= 4 is 5.97 Å². The number of benzene rings is 1. The molecule has 0 spiro atoms. The minimum atomic E-state index is -0.397. The molecule has 1 aliphatic rings. The van der Waals surface area contributed by atoms with Gasteiger partial charge in [-0.3, -0.25) is 0 Å². The number of rotatable bonds is 3. The lowest BCUT2D eigenvalue weighted by molar-refractivity contribution is 0.0600. The van der Waals surface area contributed by atoms with Crippen LogP contribution in [0.2, 0.25) is 0 Å². The number of nitriles is 1.